The molecule has 0 radical (unpaired) electrons. The van der Waals surface area contributed by atoms with Crippen molar-refractivity contribution in [3.05, 3.63) is 22.8 Å². The molecular formula is C10H10ClN3O. The monoisotopic (exact) mass is 223 g/mol. The van der Waals surface area contributed by atoms with Gasteiger partial charge in [-0.25, -0.2) is 4.98 Å². The van der Waals surface area contributed by atoms with E-state index in [2.05, 4.69) is 4.98 Å². The number of halogens is 1. The Hall–Kier alpha value is -1.31. The third-order valence-electron chi connectivity index (χ3n) is 2.25. The van der Waals surface area contributed by atoms with Crippen LogP contribution in [0.3, 0.4) is 0 Å². The lowest BCUT2D eigenvalue weighted by atomic mass is 10.3. The molecule has 78 valence electrons. The van der Waals surface area contributed by atoms with E-state index in [1.54, 1.807) is 12.1 Å². The Morgan fingerprint density at radius 2 is 2.13 bits per heavy atom. The SMILES string of the molecule is N#Cc1ccc(Cl)c(N2CCOCC2)n1. The molecular weight excluding hydrogens is 214 g/mol. The number of hydrogen-bond donors (Lipinski definition) is 0. The molecule has 0 spiro atoms. The Morgan fingerprint density at radius 3 is 2.80 bits per heavy atom. The standard InChI is InChI=1S/C10H10ClN3O/c11-9-2-1-8(7-12)13-10(9)14-3-5-15-6-4-14/h1-2H,3-6H2. The number of anilines is 1. The zero-order chi connectivity index (χ0) is 10.7. The van der Waals surface area contributed by atoms with Crippen LogP contribution in [0.1, 0.15) is 5.69 Å². The van der Waals surface area contributed by atoms with Crippen LogP contribution in [0.4, 0.5) is 5.82 Å². The molecule has 0 N–H and O–H groups in total. The maximum atomic E-state index is 8.75. The molecule has 2 rings (SSSR count). The Morgan fingerprint density at radius 1 is 1.40 bits per heavy atom. The van der Waals surface area contributed by atoms with E-state index in [1.165, 1.54) is 0 Å². The zero-order valence-electron chi connectivity index (χ0n) is 8.11. The van der Waals surface area contributed by atoms with E-state index >= 15 is 0 Å². The van der Waals surface area contributed by atoms with Crippen molar-refractivity contribution in [2.75, 3.05) is 31.2 Å². The van der Waals surface area contributed by atoms with Gasteiger partial charge in [-0.05, 0) is 12.1 Å². The van der Waals surface area contributed by atoms with Crippen LogP contribution in [-0.4, -0.2) is 31.3 Å². The molecule has 0 atom stereocenters. The fourth-order valence-corrected chi connectivity index (χ4v) is 1.72. The van der Waals surface area contributed by atoms with Crippen molar-refractivity contribution in [3.8, 4) is 6.07 Å². The number of nitriles is 1. The Kier molecular flexibility index (Phi) is 3.05. The summed E-state index contributed by atoms with van der Waals surface area (Å²) in [5.41, 5.74) is 0.390. The van der Waals surface area contributed by atoms with Crippen molar-refractivity contribution >= 4 is 17.4 Å². The molecule has 0 aliphatic carbocycles. The van der Waals surface area contributed by atoms with Gasteiger partial charge in [0.2, 0.25) is 0 Å². The number of morpholine rings is 1. The minimum Gasteiger partial charge on any atom is -0.378 e. The van der Waals surface area contributed by atoms with Crippen molar-refractivity contribution in [2.24, 2.45) is 0 Å². The quantitative estimate of drug-likeness (QED) is 0.723. The molecule has 1 aromatic rings. The van der Waals surface area contributed by atoms with E-state index in [-0.39, 0.29) is 0 Å². The van der Waals surface area contributed by atoms with Gasteiger partial charge in [-0.15, -0.1) is 0 Å². The van der Waals surface area contributed by atoms with Crippen LogP contribution in [0.2, 0.25) is 5.02 Å². The van der Waals surface area contributed by atoms with Gasteiger partial charge in [-0.3, -0.25) is 0 Å². The number of ether oxygens (including phenoxy) is 1. The number of aromatic nitrogens is 1. The molecule has 0 unspecified atom stereocenters. The molecule has 15 heavy (non-hydrogen) atoms. The first-order chi connectivity index (χ1) is 7.31. The second-order valence-corrected chi connectivity index (χ2v) is 3.62. The first-order valence-corrected chi connectivity index (χ1v) is 5.08. The number of pyridine rings is 1. The summed E-state index contributed by atoms with van der Waals surface area (Å²) >= 11 is 6.03. The van der Waals surface area contributed by atoms with E-state index in [1.807, 2.05) is 11.0 Å². The highest BCUT2D eigenvalue weighted by atomic mass is 35.5. The van der Waals surface area contributed by atoms with Gasteiger partial charge in [0, 0.05) is 13.1 Å². The molecule has 0 amide bonds. The first-order valence-electron chi connectivity index (χ1n) is 4.70. The van der Waals surface area contributed by atoms with Crippen molar-refractivity contribution in [3.63, 3.8) is 0 Å². The summed E-state index contributed by atoms with van der Waals surface area (Å²) in [5, 5.41) is 9.33. The summed E-state index contributed by atoms with van der Waals surface area (Å²) in [6.45, 7) is 2.88. The molecule has 5 heteroatoms. The van der Waals surface area contributed by atoms with Crippen LogP contribution < -0.4 is 4.90 Å². The smallest absolute Gasteiger partial charge is 0.149 e. The van der Waals surface area contributed by atoms with E-state index in [9.17, 15) is 0 Å². The number of hydrogen-bond acceptors (Lipinski definition) is 4. The number of rotatable bonds is 1. The molecule has 0 saturated carbocycles. The molecule has 1 aliphatic heterocycles. The largest absolute Gasteiger partial charge is 0.378 e. The molecule has 4 nitrogen and oxygen atoms in total. The van der Waals surface area contributed by atoms with Gasteiger partial charge < -0.3 is 9.64 Å². The van der Waals surface area contributed by atoms with Crippen molar-refractivity contribution < 1.29 is 4.74 Å². The predicted octanol–water partition coefficient (Wildman–Crippen LogP) is 1.44. The van der Waals surface area contributed by atoms with Gasteiger partial charge in [0.15, 0.2) is 0 Å². The van der Waals surface area contributed by atoms with Crippen LogP contribution in [0.5, 0.6) is 0 Å². The van der Waals surface area contributed by atoms with Crippen molar-refractivity contribution in [1.29, 1.82) is 5.26 Å². The highest BCUT2D eigenvalue weighted by Crippen LogP contribution is 2.24. The van der Waals surface area contributed by atoms with E-state index in [0.717, 1.165) is 13.1 Å². The van der Waals surface area contributed by atoms with Gasteiger partial charge >= 0.3 is 0 Å². The minimum absolute atomic E-state index is 0.390. The normalized spacial score (nSPS) is 16.1. The predicted molar refractivity (Wildman–Crippen MR) is 57.0 cm³/mol. The van der Waals surface area contributed by atoms with Crippen LogP contribution in [-0.2, 0) is 4.74 Å². The van der Waals surface area contributed by atoms with Gasteiger partial charge in [0.25, 0.3) is 0 Å². The summed E-state index contributed by atoms with van der Waals surface area (Å²) in [4.78, 5) is 6.23. The lowest BCUT2D eigenvalue weighted by molar-refractivity contribution is 0.122. The summed E-state index contributed by atoms with van der Waals surface area (Å²) in [6.07, 6.45) is 0. The zero-order valence-corrected chi connectivity index (χ0v) is 8.87. The van der Waals surface area contributed by atoms with Crippen LogP contribution in [0, 0.1) is 11.3 Å². The third-order valence-corrected chi connectivity index (χ3v) is 2.55. The van der Waals surface area contributed by atoms with Gasteiger partial charge in [0.1, 0.15) is 17.6 Å². The molecule has 1 aromatic heterocycles. The van der Waals surface area contributed by atoms with Crippen LogP contribution in [0.25, 0.3) is 0 Å². The van der Waals surface area contributed by atoms with Gasteiger partial charge in [-0.2, -0.15) is 5.26 Å². The number of nitrogens with zero attached hydrogens (tertiary/aromatic N) is 3. The summed E-state index contributed by atoms with van der Waals surface area (Å²) in [5.74, 6) is 0.680. The molecule has 1 saturated heterocycles. The Balaban J connectivity index is 2.29. The van der Waals surface area contributed by atoms with Gasteiger partial charge in [0.05, 0.1) is 18.2 Å². The molecule has 1 fully saturated rings. The lowest BCUT2D eigenvalue weighted by Gasteiger charge is -2.28. The average molecular weight is 224 g/mol. The average Bonchev–Trinajstić information content (AvgIpc) is 2.31. The van der Waals surface area contributed by atoms with E-state index in [0.29, 0.717) is 29.7 Å². The first kappa shape index (κ1) is 10.2. The van der Waals surface area contributed by atoms with Crippen molar-refractivity contribution in [2.45, 2.75) is 0 Å². The summed E-state index contributed by atoms with van der Waals surface area (Å²) < 4.78 is 5.24. The molecule has 0 aromatic carbocycles. The van der Waals surface area contributed by atoms with Gasteiger partial charge in [-0.1, -0.05) is 11.6 Å². The molecule has 1 aliphatic rings. The Bertz CT molecular complexity index is 396. The second-order valence-electron chi connectivity index (χ2n) is 3.21. The molecule has 0 bridgehead atoms. The highest BCUT2D eigenvalue weighted by Gasteiger charge is 2.15. The summed E-state index contributed by atoms with van der Waals surface area (Å²) in [7, 11) is 0. The second kappa shape index (κ2) is 4.47. The lowest BCUT2D eigenvalue weighted by Crippen LogP contribution is -2.37. The maximum absolute atomic E-state index is 8.75. The summed E-state index contributed by atoms with van der Waals surface area (Å²) in [6, 6.07) is 5.33. The fourth-order valence-electron chi connectivity index (χ4n) is 1.49. The maximum Gasteiger partial charge on any atom is 0.149 e. The van der Waals surface area contributed by atoms with E-state index < -0.39 is 0 Å². The highest BCUT2D eigenvalue weighted by molar-refractivity contribution is 6.32. The van der Waals surface area contributed by atoms with Crippen molar-refractivity contribution in [1.82, 2.24) is 4.98 Å². The molecule has 2 heterocycles. The fraction of sp³-hybridized carbons (Fsp3) is 0.400. The van der Waals surface area contributed by atoms with Crippen LogP contribution >= 0.6 is 11.6 Å². The van der Waals surface area contributed by atoms with Crippen LogP contribution in [0.15, 0.2) is 12.1 Å². The minimum atomic E-state index is 0.390. The topological polar surface area (TPSA) is 49.2 Å². The van der Waals surface area contributed by atoms with E-state index in [4.69, 9.17) is 21.6 Å². The Labute approximate surface area is 93.0 Å². The third kappa shape index (κ3) is 2.20.